The molecule has 8 heteroatoms. The summed E-state index contributed by atoms with van der Waals surface area (Å²) < 4.78 is 15.3. The first-order valence-electron chi connectivity index (χ1n) is 8.00. The first kappa shape index (κ1) is 17.4. The number of primary amides is 1. The van der Waals surface area contributed by atoms with Crippen LogP contribution in [0.4, 0.5) is 4.39 Å². The Kier molecular flexibility index (Phi) is 5.03. The molecule has 1 aliphatic rings. The molecule has 0 aliphatic carbocycles. The number of rotatable bonds is 4. The van der Waals surface area contributed by atoms with Crippen molar-refractivity contribution in [2.24, 2.45) is 11.7 Å². The summed E-state index contributed by atoms with van der Waals surface area (Å²) >= 11 is 5.86. The van der Waals surface area contributed by atoms with Crippen LogP contribution in [0.2, 0.25) is 5.02 Å². The number of carbonyl (C=O) groups is 2. The van der Waals surface area contributed by atoms with E-state index >= 15 is 0 Å². The number of aromatic nitrogens is 2. The number of hydrogen-bond donors (Lipinski definition) is 1. The maximum Gasteiger partial charge on any atom is 0.274 e. The van der Waals surface area contributed by atoms with E-state index in [9.17, 15) is 14.0 Å². The van der Waals surface area contributed by atoms with E-state index in [1.807, 2.05) is 0 Å². The lowest BCUT2D eigenvalue weighted by molar-refractivity contribution is -0.125. The second-order valence-electron chi connectivity index (χ2n) is 6.06. The predicted octanol–water partition coefficient (Wildman–Crippen LogP) is 2.20. The molecule has 2 N–H and O–H groups in total. The molecule has 2 aromatic rings. The molecule has 0 bridgehead atoms. The number of nitrogens with two attached hydrogens (primary N) is 1. The van der Waals surface area contributed by atoms with Crippen molar-refractivity contribution >= 4 is 23.4 Å². The fourth-order valence-electron chi connectivity index (χ4n) is 2.97. The van der Waals surface area contributed by atoms with Gasteiger partial charge in [-0.2, -0.15) is 5.10 Å². The van der Waals surface area contributed by atoms with Crippen LogP contribution < -0.4 is 5.73 Å². The molecule has 0 radical (unpaired) electrons. The number of piperidine rings is 1. The Morgan fingerprint density at radius 1 is 1.20 bits per heavy atom. The lowest BCUT2D eigenvalue weighted by Crippen LogP contribution is -2.43. The number of halogens is 2. The lowest BCUT2D eigenvalue weighted by atomic mass is 9.91. The van der Waals surface area contributed by atoms with Crippen molar-refractivity contribution in [2.45, 2.75) is 19.0 Å². The van der Waals surface area contributed by atoms with Gasteiger partial charge in [-0.3, -0.25) is 9.59 Å². The zero-order valence-electron chi connectivity index (χ0n) is 13.4. The summed E-state index contributed by atoms with van der Waals surface area (Å²) in [6, 6.07) is 8.75. The van der Waals surface area contributed by atoms with E-state index in [0.29, 0.717) is 36.6 Å². The summed E-state index contributed by atoms with van der Waals surface area (Å²) in [6.07, 6.45) is 0.872. The second kappa shape index (κ2) is 7.23. The first-order valence-corrected chi connectivity index (χ1v) is 8.38. The molecule has 1 unspecified atom stereocenters. The average molecular weight is 365 g/mol. The Hall–Kier alpha value is -2.41. The highest BCUT2D eigenvalue weighted by Gasteiger charge is 2.32. The minimum atomic E-state index is -1.65. The van der Waals surface area contributed by atoms with Gasteiger partial charge < -0.3 is 10.6 Å². The van der Waals surface area contributed by atoms with Gasteiger partial charge in [-0.1, -0.05) is 11.6 Å². The van der Waals surface area contributed by atoms with Crippen LogP contribution in [0, 0.1) is 5.92 Å². The first-order chi connectivity index (χ1) is 12.0. The van der Waals surface area contributed by atoms with Gasteiger partial charge in [0.2, 0.25) is 0 Å². The minimum Gasteiger partial charge on any atom is -0.367 e. The number of hydrogen-bond acceptors (Lipinski definition) is 3. The van der Waals surface area contributed by atoms with Gasteiger partial charge in [0.1, 0.15) is 0 Å². The highest BCUT2D eigenvalue weighted by Crippen LogP contribution is 2.24. The summed E-state index contributed by atoms with van der Waals surface area (Å²) in [7, 11) is 0. The molecule has 1 fully saturated rings. The molecule has 3 rings (SSSR count). The normalized spacial score (nSPS) is 16.6. The third-order valence-corrected chi connectivity index (χ3v) is 4.66. The SMILES string of the molecule is NC(=O)C(F)C1CCN(C(=O)c2ccn(-c3ccc(Cl)cc3)n2)CC1. The summed E-state index contributed by atoms with van der Waals surface area (Å²) in [4.78, 5) is 25.1. The van der Waals surface area contributed by atoms with Crippen molar-refractivity contribution in [1.29, 1.82) is 0 Å². The third-order valence-electron chi connectivity index (χ3n) is 4.41. The third kappa shape index (κ3) is 3.82. The van der Waals surface area contributed by atoms with Crippen LogP contribution in [0.1, 0.15) is 23.3 Å². The highest BCUT2D eigenvalue weighted by molar-refractivity contribution is 6.30. The van der Waals surface area contributed by atoms with E-state index in [2.05, 4.69) is 5.10 Å². The summed E-state index contributed by atoms with van der Waals surface area (Å²) in [5.41, 5.74) is 6.12. The molecule has 1 aliphatic heterocycles. The molecule has 1 atom stereocenters. The van der Waals surface area contributed by atoms with Crippen molar-refractivity contribution in [3.05, 3.63) is 47.2 Å². The van der Waals surface area contributed by atoms with Crippen molar-refractivity contribution in [3.63, 3.8) is 0 Å². The van der Waals surface area contributed by atoms with Gasteiger partial charge in [0.25, 0.3) is 11.8 Å². The van der Waals surface area contributed by atoms with Crippen molar-refractivity contribution in [1.82, 2.24) is 14.7 Å². The zero-order chi connectivity index (χ0) is 18.0. The molecule has 0 spiro atoms. The van der Waals surface area contributed by atoms with E-state index in [-0.39, 0.29) is 5.91 Å². The molecule has 2 heterocycles. The fraction of sp³-hybridized carbons (Fsp3) is 0.353. The standard InChI is InChI=1S/C17H18ClFN4O2/c18-12-1-3-13(4-2-12)23-10-7-14(21-23)17(25)22-8-5-11(6-9-22)15(19)16(20)24/h1-4,7,10-11,15H,5-6,8-9H2,(H2,20,24). The number of alkyl halides is 1. The van der Waals surface area contributed by atoms with Crippen molar-refractivity contribution < 1.29 is 14.0 Å². The number of amides is 2. The van der Waals surface area contributed by atoms with Gasteiger partial charge in [-0.05, 0) is 43.2 Å². The van der Waals surface area contributed by atoms with Crippen LogP contribution in [0.25, 0.3) is 5.69 Å². The van der Waals surface area contributed by atoms with Gasteiger partial charge in [-0.25, -0.2) is 9.07 Å². The maximum absolute atomic E-state index is 13.7. The second-order valence-corrected chi connectivity index (χ2v) is 6.49. The summed E-state index contributed by atoms with van der Waals surface area (Å²) in [6.45, 7) is 0.760. The van der Waals surface area contributed by atoms with Gasteiger partial charge in [-0.15, -0.1) is 0 Å². The van der Waals surface area contributed by atoms with Crippen LogP contribution in [0.5, 0.6) is 0 Å². The van der Waals surface area contributed by atoms with E-state index in [1.54, 1.807) is 46.1 Å². The molecular formula is C17H18ClFN4O2. The Morgan fingerprint density at radius 2 is 1.84 bits per heavy atom. The molecule has 1 aromatic carbocycles. The predicted molar refractivity (Wildman–Crippen MR) is 91.3 cm³/mol. The molecule has 1 saturated heterocycles. The lowest BCUT2D eigenvalue weighted by Gasteiger charge is -2.32. The van der Waals surface area contributed by atoms with Gasteiger partial charge in [0, 0.05) is 30.2 Å². The van der Waals surface area contributed by atoms with Crippen LogP contribution in [-0.2, 0) is 4.79 Å². The number of benzene rings is 1. The van der Waals surface area contributed by atoms with Crippen molar-refractivity contribution in [3.8, 4) is 5.69 Å². The average Bonchev–Trinajstić information content (AvgIpc) is 3.11. The molecule has 2 amide bonds. The topological polar surface area (TPSA) is 81.2 Å². The van der Waals surface area contributed by atoms with Crippen LogP contribution in [-0.4, -0.2) is 45.8 Å². The Balaban J connectivity index is 1.65. The van der Waals surface area contributed by atoms with E-state index in [4.69, 9.17) is 17.3 Å². The molecule has 1 aromatic heterocycles. The monoisotopic (exact) mass is 364 g/mol. The molecule has 25 heavy (non-hydrogen) atoms. The summed E-state index contributed by atoms with van der Waals surface area (Å²) in [5.74, 6) is -1.57. The van der Waals surface area contributed by atoms with E-state index in [0.717, 1.165) is 5.69 Å². The number of likely N-dealkylation sites (tertiary alicyclic amines) is 1. The van der Waals surface area contributed by atoms with Gasteiger partial charge >= 0.3 is 0 Å². The number of nitrogens with zero attached hydrogens (tertiary/aromatic N) is 3. The molecule has 6 nitrogen and oxygen atoms in total. The molecule has 132 valence electrons. The smallest absolute Gasteiger partial charge is 0.274 e. The van der Waals surface area contributed by atoms with E-state index < -0.39 is 18.0 Å². The zero-order valence-corrected chi connectivity index (χ0v) is 14.2. The van der Waals surface area contributed by atoms with Crippen molar-refractivity contribution in [2.75, 3.05) is 13.1 Å². The van der Waals surface area contributed by atoms with Crippen LogP contribution in [0.3, 0.4) is 0 Å². The maximum atomic E-state index is 13.7. The molecule has 0 saturated carbocycles. The Bertz CT molecular complexity index is 769. The number of carbonyl (C=O) groups excluding carboxylic acids is 2. The molecular weight excluding hydrogens is 347 g/mol. The Labute approximate surface area is 149 Å². The van der Waals surface area contributed by atoms with Gasteiger partial charge in [0.15, 0.2) is 11.9 Å². The largest absolute Gasteiger partial charge is 0.367 e. The minimum absolute atomic E-state index is 0.208. The van der Waals surface area contributed by atoms with Crippen LogP contribution >= 0.6 is 11.6 Å². The Morgan fingerprint density at radius 3 is 2.44 bits per heavy atom. The fourth-order valence-corrected chi connectivity index (χ4v) is 3.09. The quantitative estimate of drug-likeness (QED) is 0.903. The van der Waals surface area contributed by atoms with Crippen LogP contribution in [0.15, 0.2) is 36.5 Å². The van der Waals surface area contributed by atoms with Gasteiger partial charge in [0.05, 0.1) is 5.69 Å². The highest BCUT2D eigenvalue weighted by atomic mass is 35.5. The summed E-state index contributed by atoms with van der Waals surface area (Å²) in [5, 5.41) is 4.92. The van der Waals surface area contributed by atoms with E-state index in [1.165, 1.54) is 0 Å².